The fourth-order valence-electron chi connectivity index (χ4n) is 3.98. The Bertz CT molecular complexity index is 845. The highest BCUT2D eigenvalue weighted by atomic mass is 16.2. The molecule has 0 aliphatic heterocycles. The van der Waals surface area contributed by atoms with Crippen LogP contribution in [0, 0.1) is 0 Å². The smallest absolute Gasteiger partial charge is 0.251 e. The normalized spacial score (nSPS) is 14.4. The van der Waals surface area contributed by atoms with E-state index >= 15 is 0 Å². The van der Waals surface area contributed by atoms with Crippen LogP contribution in [-0.4, -0.2) is 43.4 Å². The third-order valence-electron chi connectivity index (χ3n) is 5.73. The predicted molar refractivity (Wildman–Crippen MR) is 122 cm³/mol. The summed E-state index contributed by atoms with van der Waals surface area (Å²) in [5.74, 6) is -0.275. The van der Waals surface area contributed by atoms with Gasteiger partial charge in [-0.15, -0.1) is 0 Å². The number of para-hydroxylation sites is 1. The monoisotopic (exact) mass is 408 g/mol. The van der Waals surface area contributed by atoms with Crippen LogP contribution in [0.25, 0.3) is 0 Å². The lowest BCUT2D eigenvalue weighted by Gasteiger charge is -2.31. The number of amides is 2. The molecule has 30 heavy (non-hydrogen) atoms. The summed E-state index contributed by atoms with van der Waals surface area (Å²) < 4.78 is 0. The van der Waals surface area contributed by atoms with Gasteiger partial charge in [0.05, 0.1) is 6.54 Å². The van der Waals surface area contributed by atoms with Gasteiger partial charge in [-0.1, -0.05) is 37.5 Å². The standard InChI is InChI=1S/C24H32N4O2/c1-25-24(30)18-12-14-20(15-13-18)27-23(29)16-26-22-11-7-6-8-19(22)17-28(2)21-9-4-3-5-10-21/h6-8,11-15,21,26H,3-5,9-10,16-17H2,1-2H3,(H,25,30)(H,27,29). The Hall–Kier alpha value is -2.86. The van der Waals surface area contributed by atoms with Gasteiger partial charge in [0.15, 0.2) is 0 Å². The molecule has 1 aliphatic rings. The molecule has 6 nitrogen and oxygen atoms in total. The molecule has 3 rings (SSSR count). The van der Waals surface area contributed by atoms with E-state index in [1.54, 1.807) is 31.3 Å². The van der Waals surface area contributed by atoms with Crippen LogP contribution in [0.1, 0.15) is 48.0 Å². The number of hydrogen-bond acceptors (Lipinski definition) is 4. The maximum atomic E-state index is 12.4. The van der Waals surface area contributed by atoms with E-state index in [2.05, 4.69) is 34.0 Å². The zero-order valence-electron chi connectivity index (χ0n) is 17.9. The Labute approximate surface area is 179 Å². The van der Waals surface area contributed by atoms with E-state index in [1.165, 1.54) is 37.7 Å². The van der Waals surface area contributed by atoms with Crippen LogP contribution in [0.5, 0.6) is 0 Å². The number of hydrogen-bond donors (Lipinski definition) is 3. The first-order valence-corrected chi connectivity index (χ1v) is 10.7. The van der Waals surface area contributed by atoms with Crippen molar-refractivity contribution < 1.29 is 9.59 Å². The van der Waals surface area contributed by atoms with Crippen LogP contribution in [0.2, 0.25) is 0 Å². The molecule has 1 aliphatic carbocycles. The first-order chi connectivity index (χ1) is 14.6. The van der Waals surface area contributed by atoms with E-state index in [4.69, 9.17) is 0 Å². The van der Waals surface area contributed by atoms with Gasteiger partial charge in [0.25, 0.3) is 5.91 Å². The minimum Gasteiger partial charge on any atom is -0.376 e. The lowest BCUT2D eigenvalue weighted by molar-refractivity contribution is -0.114. The molecule has 2 aromatic carbocycles. The largest absolute Gasteiger partial charge is 0.376 e. The van der Waals surface area contributed by atoms with E-state index in [0.29, 0.717) is 17.3 Å². The molecule has 1 fully saturated rings. The van der Waals surface area contributed by atoms with Crippen LogP contribution in [0.15, 0.2) is 48.5 Å². The number of nitrogens with zero attached hydrogens (tertiary/aromatic N) is 1. The molecule has 0 unspecified atom stereocenters. The fourth-order valence-corrected chi connectivity index (χ4v) is 3.98. The number of rotatable bonds is 8. The minimum atomic E-state index is -0.149. The Balaban J connectivity index is 1.54. The molecule has 0 heterocycles. The molecule has 2 amide bonds. The summed E-state index contributed by atoms with van der Waals surface area (Å²) in [6.45, 7) is 1.05. The second kappa shape index (κ2) is 10.8. The second-order valence-electron chi connectivity index (χ2n) is 7.92. The van der Waals surface area contributed by atoms with Crippen LogP contribution < -0.4 is 16.0 Å². The van der Waals surface area contributed by atoms with Gasteiger partial charge < -0.3 is 16.0 Å². The zero-order chi connectivity index (χ0) is 21.3. The highest BCUT2D eigenvalue weighted by Crippen LogP contribution is 2.24. The van der Waals surface area contributed by atoms with Crippen molar-refractivity contribution in [2.75, 3.05) is 31.3 Å². The molecule has 2 aromatic rings. The van der Waals surface area contributed by atoms with Crippen molar-refractivity contribution in [1.29, 1.82) is 0 Å². The number of carbonyl (C=O) groups is 2. The van der Waals surface area contributed by atoms with Gasteiger partial charge in [0, 0.05) is 36.6 Å². The van der Waals surface area contributed by atoms with Crippen molar-refractivity contribution in [2.45, 2.75) is 44.7 Å². The minimum absolute atomic E-state index is 0.127. The Kier molecular flexibility index (Phi) is 7.85. The number of benzene rings is 2. The van der Waals surface area contributed by atoms with Crippen molar-refractivity contribution in [3.8, 4) is 0 Å². The third kappa shape index (κ3) is 6.07. The first-order valence-electron chi connectivity index (χ1n) is 10.7. The average Bonchev–Trinajstić information content (AvgIpc) is 2.79. The topological polar surface area (TPSA) is 73.5 Å². The molecular formula is C24H32N4O2. The first kappa shape index (κ1) is 21.8. The molecule has 3 N–H and O–H groups in total. The molecule has 0 atom stereocenters. The lowest BCUT2D eigenvalue weighted by atomic mass is 9.94. The number of nitrogens with one attached hydrogen (secondary N) is 3. The maximum Gasteiger partial charge on any atom is 0.251 e. The summed E-state index contributed by atoms with van der Waals surface area (Å²) in [5, 5.41) is 8.72. The van der Waals surface area contributed by atoms with Gasteiger partial charge in [-0.05, 0) is 55.8 Å². The molecule has 0 radical (unpaired) electrons. The maximum absolute atomic E-state index is 12.4. The van der Waals surface area contributed by atoms with Gasteiger partial charge in [0.2, 0.25) is 5.91 Å². The summed E-state index contributed by atoms with van der Waals surface area (Å²) in [6, 6.07) is 15.7. The molecule has 1 saturated carbocycles. The summed E-state index contributed by atoms with van der Waals surface area (Å²) in [4.78, 5) is 26.4. The summed E-state index contributed by atoms with van der Waals surface area (Å²) in [6.07, 6.45) is 6.53. The zero-order valence-corrected chi connectivity index (χ0v) is 17.9. The Morgan fingerprint density at radius 3 is 2.40 bits per heavy atom. The summed E-state index contributed by atoms with van der Waals surface area (Å²) >= 11 is 0. The average molecular weight is 409 g/mol. The van der Waals surface area contributed by atoms with E-state index < -0.39 is 0 Å². The highest BCUT2D eigenvalue weighted by Gasteiger charge is 2.18. The van der Waals surface area contributed by atoms with Crippen molar-refractivity contribution in [1.82, 2.24) is 10.2 Å². The Morgan fingerprint density at radius 1 is 1.00 bits per heavy atom. The predicted octanol–water partition coefficient (Wildman–Crippen LogP) is 3.86. The van der Waals surface area contributed by atoms with Gasteiger partial charge in [-0.25, -0.2) is 0 Å². The molecule has 0 aromatic heterocycles. The van der Waals surface area contributed by atoms with Gasteiger partial charge in [-0.3, -0.25) is 14.5 Å². The fraction of sp³-hybridized carbons (Fsp3) is 0.417. The van der Waals surface area contributed by atoms with E-state index in [9.17, 15) is 9.59 Å². The highest BCUT2D eigenvalue weighted by molar-refractivity contribution is 5.96. The number of carbonyl (C=O) groups excluding carboxylic acids is 2. The third-order valence-corrected chi connectivity index (χ3v) is 5.73. The lowest BCUT2D eigenvalue weighted by Crippen LogP contribution is -2.33. The summed E-state index contributed by atoms with van der Waals surface area (Å²) in [7, 11) is 3.79. The van der Waals surface area contributed by atoms with Crippen molar-refractivity contribution in [3.63, 3.8) is 0 Å². The molecule has 0 saturated heterocycles. The summed E-state index contributed by atoms with van der Waals surface area (Å²) in [5.41, 5.74) is 3.42. The van der Waals surface area contributed by atoms with Crippen LogP contribution in [0.3, 0.4) is 0 Å². The van der Waals surface area contributed by atoms with E-state index in [-0.39, 0.29) is 18.4 Å². The second-order valence-corrected chi connectivity index (χ2v) is 7.92. The quantitative estimate of drug-likeness (QED) is 0.620. The molecule has 0 bridgehead atoms. The van der Waals surface area contributed by atoms with Crippen molar-refractivity contribution >= 4 is 23.2 Å². The van der Waals surface area contributed by atoms with Gasteiger partial charge >= 0.3 is 0 Å². The SMILES string of the molecule is CNC(=O)c1ccc(NC(=O)CNc2ccccc2CN(C)C2CCCCC2)cc1. The Morgan fingerprint density at radius 2 is 1.70 bits per heavy atom. The van der Waals surface area contributed by atoms with Crippen LogP contribution in [0.4, 0.5) is 11.4 Å². The van der Waals surface area contributed by atoms with Gasteiger partial charge in [-0.2, -0.15) is 0 Å². The molecule has 160 valence electrons. The van der Waals surface area contributed by atoms with Gasteiger partial charge in [0.1, 0.15) is 0 Å². The van der Waals surface area contributed by atoms with Crippen molar-refractivity contribution in [2.24, 2.45) is 0 Å². The van der Waals surface area contributed by atoms with Crippen LogP contribution in [-0.2, 0) is 11.3 Å². The van der Waals surface area contributed by atoms with Crippen LogP contribution >= 0.6 is 0 Å². The molecule has 6 heteroatoms. The number of anilines is 2. The molecular weight excluding hydrogens is 376 g/mol. The molecule has 0 spiro atoms. The van der Waals surface area contributed by atoms with Crippen molar-refractivity contribution in [3.05, 3.63) is 59.7 Å². The van der Waals surface area contributed by atoms with E-state index in [0.717, 1.165) is 12.2 Å². The van der Waals surface area contributed by atoms with E-state index in [1.807, 2.05) is 18.2 Å².